The van der Waals surface area contributed by atoms with Gasteiger partial charge in [-0.3, -0.25) is 9.78 Å². The van der Waals surface area contributed by atoms with Gasteiger partial charge in [0.05, 0.1) is 6.04 Å². The Balaban J connectivity index is 2.22. The minimum Gasteiger partial charge on any atom is -0.398 e. The molecule has 104 valence electrons. The van der Waals surface area contributed by atoms with Crippen molar-refractivity contribution in [2.24, 2.45) is 0 Å². The normalized spacial score (nSPS) is 11.9. The molecular weight excluding hydrogens is 250 g/mol. The predicted molar refractivity (Wildman–Crippen MR) is 80.3 cm³/mol. The average Bonchev–Trinajstić information content (AvgIpc) is 2.48. The second-order valence-electron chi connectivity index (χ2n) is 4.94. The van der Waals surface area contributed by atoms with Gasteiger partial charge in [0.2, 0.25) is 0 Å². The Morgan fingerprint density at radius 3 is 2.50 bits per heavy atom. The number of nitrogen functional groups attached to an aromatic ring is 1. The van der Waals surface area contributed by atoms with Crippen LogP contribution < -0.4 is 5.73 Å². The maximum Gasteiger partial charge on any atom is 0.254 e. The van der Waals surface area contributed by atoms with Gasteiger partial charge in [-0.25, -0.2) is 0 Å². The van der Waals surface area contributed by atoms with Crippen LogP contribution in [-0.2, 0) is 0 Å². The van der Waals surface area contributed by atoms with E-state index in [0.717, 1.165) is 11.1 Å². The smallest absolute Gasteiger partial charge is 0.254 e. The molecule has 4 nitrogen and oxygen atoms in total. The van der Waals surface area contributed by atoms with Gasteiger partial charge in [-0.2, -0.15) is 0 Å². The van der Waals surface area contributed by atoms with Crippen molar-refractivity contribution in [2.75, 3.05) is 12.8 Å². The van der Waals surface area contributed by atoms with Crippen molar-refractivity contribution < 1.29 is 4.79 Å². The Morgan fingerprint density at radius 2 is 1.90 bits per heavy atom. The number of aryl methyl sites for hydroxylation is 1. The molecule has 0 fully saturated rings. The van der Waals surface area contributed by atoms with Crippen LogP contribution in [0.25, 0.3) is 0 Å². The standard InChI is InChI=1S/C16H19N3O/c1-11-4-5-14(10-15(11)17)16(20)19(3)12(2)13-6-8-18-9-7-13/h4-10,12H,17H2,1-3H3. The van der Waals surface area contributed by atoms with E-state index in [4.69, 9.17) is 5.73 Å². The van der Waals surface area contributed by atoms with E-state index in [1.165, 1.54) is 0 Å². The Hall–Kier alpha value is -2.36. The molecule has 0 aliphatic carbocycles. The van der Waals surface area contributed by atoms with Crippen molar-refractivity contribution >= 4 is 11.6 Å². The van der Waals surface area contributed by atoms with Crippen LogP contribution in [0.15, 0.2) is 42.7 Å². The number of hydrogen-bond donors (Lipinski definition) is 1. The lowest BCUT2D eigenvalue weighted by Gasteiger charge is -2.25. The van der Waals surface area contributed by atoms with E-state index in [-0.39, 0.29) is 11.9 Å². The fraction of sp³-hybridized carbons (Fsp3) is 0.250. The zero-order chi connectivity index (χ0) is 14.7. The number of nitrogens with two attached hydrogens (primary N) is 1. The summed E-state index contributed by atoms with van der Waals surface area (Å²) in [6, 6.07) is 9.22. The monoisotopic (exact) mass is 269 g/mol. The number of anilines is 1. The highest BCUT2D eigenvalue weighted by Crippen LogP contribution is 2.21. The number of pyridine rings is 1. The number of aromatic nitrogens is 1. The highest BCUT2D eigenvalue weighted by atomic mass is 16.2. The Morgan fingerprint density at radius 1 is 1.25 bits per heavy atom. The summed E-state index contributed by atoms with van der Waals surface area (Å²) in [5, 5.41) is 0. The number of hydrogen-bond acceptors (Lipinski definition) is 3. The van der Waals surface area contributed by atoms with Gasteiger partial charge in [0.15, 0.2) is 0 Å². The lowest BCUT2D eigenvalue weighted by atomic mass is 10.1. The summed E-state index contributed by atoms with van der Waals surface area (Å²) in [5.41, 5.74) is 9.14. The third-order valence-corrected chi connectivity index (χ3v) is 3.62. The Labute approximate surface area is 119 Å². The van der Waals surface area contributed by atoms with Crippen LogP contribution in [0.3, 0.4) is 0 Å². The Kier molecular flexibility index (Phi) is 4.03. The largest absolute Gasteiger partial charge is 0.398 e. The summed E-state index contributed by atoms with van der Waals surface area (Å²) in [5.74, 6) is -0.0407. The topological polar surface area (TPSA) is 59.2 Å². The number of benzene rings is 1. The molecule has 0 radical (unpaired) electrons. The van der Waals surface area contributed by atoms with E-state index in [9.17, 15) is 4.79 Å². The van der Waals surface area contributed by atoms with Gasteiger partial charge in [-0.15, -0.1) is 0 Å². The first kappa shape index (κ1) is 14.1. The van der Waals surface area contributed by atoms with Crippen LogP contribution >= 0.6 is 0 Å². The van der Waals surface area contributed by atoms with Crippen molar-refractivity contribution in [3.05, 3.63) is 59.4 Å². The first-order chi connectivity index (χ1) is 9.50. The third kappa shape index (κ3) is 2.79. The minimum atomic E-state index is -0.0407. The van der Waals surface area contributed by atoms with E-state index >= 15 is 0 Å². The van der Waals surface area contributed by atoms with E-state index in [2.05, 4.69) is 4.98 Å². The maximum absolute atomic E-state index is 12.5. The van der Waals surface area contributed by atoms with E-state index in [1.807, 2.05) is 38.1 Å². The van der Waals surface area contributed by atoms with Gasteiger partial charge >= 0.3 is 0 Å². The van der Waals surface area contributed by atoms with E-state index in [0.29, 0.717) is 11.3 Å². The van der Waals surface area contributed by atoms with Crippen molar-refractivity contribution in [2.45, 2.75) is 19.9 Å². The zero-order valence-corrected chi connectivity index (χ0v) is 12.0. The molecule has 0 aliphatic heterocycles. The molecule has 1 heterocycles. The molecule has 0 aliphatic rings. The first-order valence-electron chi connectivity index (χ1n) is 6.54. The molecule has 1 amide bonds. The van der Waals surface area contributed by atoms with Crippen molar-refractivity contribution in [1.82, 2.24) is 9.88 Å². The number of carbonyl (C=O) groups is 1. The van der Waals surface area contributed by atoms with Gasteiger partial charge in [0.1, 0.15) is 0 Å². The fourth-order valence-electron chi connectivity index (χ4n) is 2.02. The molecule has 4 heteroatoms. The minimum absolute atomic E-state index is 0.0203. The SMILES string of the molecule is Cc1ccc(C(=O)N(C)C(C)c2ccncc2)cc1N. The van der Waals surface area contributed by atoms with Crippen LogP contribution in [-0.4, -0.2) is 22.8 Å². The van der Waals surface area contributed by atoms with Crippen LogP contribution in [0.5, 0.6) is 0 Å². The summed E-state index contributed by atoms with van der Waals surface area (Å²) in [7, 11) is 1.80. The molecule has 1 unspecified atom stereocenters. The molecule has 0 bridgehead atoms. The molecule has 2 aromatic rings. The quantitative estimate of drug-likeness (QED) is 0.872. The van der Waals surface area contributed by atoms with E-state index in [1.54, 1.807) is 30.4 Å². The first-order valence-corrected chi connectivity index (χ1v) is 6.54. The van der Waals surface area contributed by atoms with Crippen LogP contribution in [0.4, 0.5) is 5.69 Å². The summed E-state index contributed by atoms with van der Waals surface area (Å²) < 4.78 is 0. The van der Waals surface area contributed by atoms with Gasteiger partial charge in [0, 0.05) is 30.7 Å². The van der Waals surface area contributed by atoms with Crippen LogP contribution in [0.1, 0.15) is 34.5 Å². The highest BCUT2D eigenvalue weighted by molar-refractivity contribution is 5.95. The molecular formula is C16H19N3O. The molecule has 20 heavy (non-hydrogen) atoms. The second-order valence-corrected chi connectivity index (χ2v) is 4.94. The Bertz CT molecular complexity index is 610. The summed E-state index contributed by atoms with van der Waals surface area (Å²) >= 11 is 0. The number of amides is 1. The molecule has 0 saturated carbocycles. The zero-order valence-electron chi connectivity index (χ0n) is 12.0. The predicted octanol–water partition coefficient (Wildman–Crippen LogP) is 2.81. The summed E-state index contributed by atoms with van der Waals surface area (Å²) in [4.78, 5) is 18.2. The molecule has 1 atom stereocenters. The van der Waals surface area contributed by atoms with E-state index < -0.39 is 0 Å². The van der Waals surface area contributed by atoms with Crippen molar-refractivity contribution in [3.63, 3.8) is 0 Å². The fourth-order valence-corrected chi connectivity index (χ4v) is 2.02. The van der Waals surface area contributed by atoms with Crippen molar-refractivity contribution in [1.29, 1.82) is 0 Å². The van der Waals surface area contributed by atoms with Gasteiger partial charge in [-0.05, 0) is 49.2 Å². The van der Waals surface area contributed by atoms with Gasteiger partial charge < -0.3 is 10.6 Å². The molecule has 1 aromatic carbocycles. The van der Waals surface area contributed by atoms with Crippen LogP contribution in [0.2, 0.25) is 0 Å². The summed E-state index contributed by atoms with van der Waals surface area (Å²) in [6.45, 7) is 3.91. The number of nitrogens with zero attached hydrogens (tertiary/aromatic N) is 2. The molecule has 0 spiro atoms. The number of rotatable bonds is 3. The summed E-state index contributed by atoms with van der Waals surface area (Å²) in [6.07, 6.45) is 3.46. The molecule has 1 aromatic heterocycles. The maximum atomic E-state index is 12.5. The third-order valence-electron chi connectivity index (χ3n) is 3.62. The molecule has 2 rings (SSSR count). The lowest BCUT2D eigenvalue weighted by molar-refractivity contribution is 0.0742. The van der Waals surface area contributed by atoms with Crippen molar-refractivity contribution in [3.8, 4) is 0 Å². The molecule has 2 N–H and O–H groups in total. The average molecular weight is 269 g/mol. The molecule has 0 saturated heterocycles. The van der Waals surface area contributed by atoms with Gasteiger partial charge in [-0.1, -0.05) is 6.07 Å². The van der Waals surface area contributed by atoms with Gasteiger partial charge in [0.25, 0.3) is 5.91 Å². The lowest BCUT2D eigenvalue weighted by Crippen LogP contribution is -2.29. The number of carbonyl (C=O) groups excluding carboxylic acids is 1. The highest BCUT2D eigenvalue weighted by Gasteiger charge is 2.19. The second kappa shape index (κ2) is 5.74. The van der Waals surface area contributed by atoms with Crippen LogP contribution in [0, 0.1) is 6.92 Å².